The molecule has 0 bridgehead atoms. The molecule has 0 spiro atoms. The van der Waals surface area contributed by atoms with Crippen molar-refractivity contribution in [3.05, 3.63) is 23.2 Å². The van der Waals surface area contributed by atoms with Crippen LogP contribution in [0.4, 0.5) is 5.69 Å². The van der Waals surface area contributed by atoms with Crippen molar-refractivity contribution in [3.8, 4) is 11.4 Å². The summed E-state index contributed by atoms with van der Waals surface area (Å²) in [6.45, 7) is 2.29. The molecule has 1 unspecified atom stereocenters. The van der Waals surface area contributed by atoms with Gasteiger partial charge in [-0.2, -0.15) is 0 Å². The summed E-state index contributed by atoms with van der Waals surface area (Å²) >= 11 is 6.19. The second-order valence-corrected chi connectivity index (χ2v) is 5.06. The second-order valence-electron chi connectivity index (χ2n) is 4.65. The van der Waals surface area contributed by atoms with Crippen molar-refractivity contribution >= 4 is 17.3 Å². The third-order valence-corrected chi connectivity index (χ3v) is 3.55. The van der Waals surface area contributed by atoms with E-state index in [0.29, 0.717) is 22.5 Å². The van der Waals surface area contributed by atoms with Gasteiger partial charge in [-0.15, -0.1) is 5.10 Å². The van der Waals surface area contributed by atoms with Gasteiger partial charge in [-0.05, 0) is 35.0 Å². The minimum Gasteiger partial charge on any atom is -0.399 e. The van der Waals surface area contributed by atoms with Crippen LogP contribution < -0.4 is 5.73 Å². The van der Waals surface area contributed by atoms with Gasteiger partial charge in [0.25, 0.3) is 0 Å². The summed E-state index contributed by atoms with van der Waals surface area (Å²) in [5.41, 5.74) is 7.18. The highest BCUT2D eigenvalue weighted by molar-refractivity contribution is 6.33. The van der Waals surface area contributed by atoms with E-state index in [0.717, 1.165) is 31.7 Å². The van der Waals surface area contributed by atoms with Gasteiger partial charge in [0.1, 0.15) is 0 Å². The maximum atomic E-state index is 6.19. The van der Waals surface area contributed by atoms with E-state index < -0.39 is 0 Å². The SMILES string of the molecule is Nc1ccc(Cl)c(-c2nnnn2CC2CCOC2)c1. The monoisotopic (exact) mass is 279 g/mol. The van der Waals surface area contributed by atoms with Gasteiger partial charge in [-0.3, -0.25) is 0 Å². The number of tetrazole rings is 1. The second kappa shape index (κ2) is 5.14. The van der Waals surface area contributed by atoms with E-state index >= 15 is 0 Å². The topological polar surface area (TPSA) is 78.9 Å². The van der Waals surface area contributed by atoms with Crippen molar-refractivity contribution in [2.45, 2.75) is 13.0 Å². The van der Waals surface area contributed by atoms with E-state index in [1.807, 2.05) is 0 Å². The number of ether oxygens (including phenoxy) is 1. The van der Waals surface area contributed by atoms with Gasteiger partial charge >= 0.3 is 0 Å². The van der Waals surface area contributed by atoms with E-state index in [1.165, 1.54) is 0 Å². The summed E-state index contributed by atoms with van der Waals surface area (Å²) in [7, 11) is 0. The van der Waals surface area contributed by atoms with Crippen LogP contribution in [0.5, 0.6) is 0 Å². The number of hydrogen-bond acceptors (Lipinski definition) is 5. The van der Waals surface area contributed by atoms with Gasteiger partial charge in [0.05, 0.1) is 18.2 Å². The van der Waals surface area contributed by atoms with E-state index in [1.54, 1.807) is 22.9 Å². The van der Waals surface area contributed by atoms with Crippen molar-refractivity contribution in [3.63, 3.8) is 0 Å². The first kappa shape index (κ1) is 12.4. The summed E-state index contributed by atoms with van der Waals surface area (Å²) in [5.74, 6) is 1.09. The molecule has 100 valence electrons. The van der Waals surface area contributed by atoms with Gasteiger partial charge in [0.2, 0.25) is 0 Å². The number of nitrogens with zero attached hydrogens (tertiary/aromatic N) is 4. The van der Waals surface area contributed by atoms with Crippen LogP contribution in [0, 0.1) is 5.92 Å². The Balaban J connectivity index is 1.92. The molecule has 3 rings (SSSR count). The lowest BCUT2D eigenvalue weighted by Crippen LogP contribution is -2.13. The van der Waals surface area contributed by atoms with Crippen molar-refractivity contribution in [2.75, 3.05) is 18.9 Å². The Morgan fingerprint density at radius 3 is 3.16 bits per heavy atom. The quantitative estimate of drug-likeness (QED) is 0.864. The zero-order chi connectivity index (χ0) is 13.2. The number of benzene rings is 1. The van der Waals surface area contributed by atoms with Crippen molar-refractivity contribution in [1.82, 2.24) is 20.2 Å². The average molecular weight is 280 g/mol. The van der Waals surface area contributed by atoms with E-state index in [2.05, 4.69) is 15.5 Å². The van der Waals surface area contributed by atoms with Gasteiger partial charge in [-0.25, -0.2) is 4.68 Å². The molecule has 2 aromatic rings. The Hall–Kier alpha value is -1.66. The van der Waals surface area contributed by atoms with E-state index in [9.17, 15) is 0 Å². The number of nitrogens with two attached hydrogens (primary N) is 1. The average Bonchev–Trinajstić information content (AvgIpc) is 3.04. The Morgan fingerprint density at radius 1 is 1.47 bits per heavy atom. The van der Waals surface area contributed by atoms with Crippen molar-refractivity contribution in [1.29, 1.82) is 0 Å². The zero-order valence-electron chi connectivity index (χ0n) is 10.3. The molecule has 1 saturated heterocycles. The van der Waals surface area contributed by atoms with Crippen LogP contribution in [0.25, 0.3) is 11.4 Å². The number of aromatic nitrogens is 4. The molecule has 0 amide bonds. The lowest BCUT2D eigenvalue weighted by Gasteiger charge is -2.10. The molecular formula is C12H14ClN5O. The number of halogens is 1. The third-order valence-electron chi connectivity index (χ3n) is 3.22. The molecule has 0 aliphatic carbocycles. The number of hydrogen-bond donors (Lipinski definition) is 1. The molecule has 1 aliphatic heterocycles. The molecule has 7 heteroatoms. The van der Waals surface area contributed by atoms with Gasteiger partial charge in [0.15, 0.2) is 5.82 Å². The molecule has 2 N–H and O–H groups in total. The number of rotatable bonds is 3. The highest BCUT2D eigenvalue weighted by atomic mass is 35.5. The lowest BCUT2D eigenvalue weighted by molar-refractivity contribution is 0.181. The molecule has 0 saturated carbocycles. The van der Waals surface area contributed by atoms with Crippen LogP contribution in [0.2, 0.25) is 5.02 Å². The minimum absolute atomic E-state index is 0.446. The van der Waals surface area contributed by atoms with Crippen LogP contribution in [-0.4, -0.2) is 33.4 Å². The molecule has 1 fully saturated rings. The first-order valence-electron chi connectivity index (χ1n) is 6.13. The fourth-order valence-corrected chi connectivity index (χ4v) is 2.41. The predicted octanol–water partition coefficient (Wildman–Crippen LogP) is 1.61. The Labute approximate surface area is 115 Å². The molecule has 1 atom stereocenters. The Kier molecular flexibility index (Phi) is 3.35. The fourth-order valence-electron chi connectivity index (χ4n) is 2.21. The van der Waals surface area contributed by atoms with Crippen LogP contribution in [0.1, 0.15) is 6.42 Å². The Bertz CT molecular complexity index is 579. The minimum atomic E-state index is 0.446. The predicted molar refractivity (Wildman–Crippen MR) is 71.6 cm³/mol. The fraction of sp³-hybridized carbons (Fsp3) is 0.417. The molecular weight excluding hydrogens is 266 g/mol. The third kappa shape index (κ3) is 2.54. The normalized spacial score (nSPS) is 18.9. The van der Waals surface area contributed by atoms with Gasteiger partial charge in [-0.1, -0.05) is 11.6 Å². The zero-order valence-corrected chi connectivity index (χ0v) is 11.0. The summed E-state index contributed by atoms with van der Waals surface area (Å²) in [6.07, 6.45) is 1.03. The Morgan fingerprint density at radius 2 is 2.37 bits per heavy atom. The molecule has 19 heavy (non-hydrogen) atoms. The summed E-state index contributed by atoms with van der Waals surface area (Å²) in [6, 6.07) is 5.30. The van der Waals surface area contributed by atoms with Crippen LogP contribution in [0.15, 0.2) is 18.2 Å². The van der Waals surface area contributed by atoms with E-state index in [-0.39, 0.29) is 0 Å². The number of anilines is 1. The summed E-state index contributed by atoms with van der Waals surface area (Å²) in [5, 5.41) is 12.4. The molecule has 2 heterocycles. The molecule has 1 aromatic carbocycles. The first-order valence-corrected chi connectivity index (χ1v) is 6.51. The summed E-state index contributed by atoms with van der Waals surface area (Å²) < 4.78 is 7.13. The van der Waals surface area contributed by atoms with Crippen LogP contribution >= 0.6 is 11.6 Å². The number of nitrogen functional groups attached to an aromatic ring is 1. The largest absolute Gasteiger partial charge is 0.399 e. The highest BCUT2D eigenvalue weighted by Gasteiger charge is 2.20. The van der Waals surface area contributed by atoms with Crippen LogP contribution in [-0.2, 0) is 11.3 Å². The first-order chi connectivity index (χ1) is 9.24. The van der Waals surface area contributed by atoms with Crippen LogP contribution in [0.3, 0.4) is 0 Å². The molecule has 0 radical (unpaired) electrons. The maximum absolute atomic E-state index is 6.19. The lowest BCUT2D eigenvalue weighted by atomic mass is 10.1. The van der Waals surface area contributed by atoms with Crippen molar-refractivity contribution < 1.29 is 4.74 Å². The summed E-state index contributed by atoms with van der Waals surface area (Å²) in [4.78, 5) is 0. The van der Waals surface area contributed by atoms with Gasteiger partial charge in [0, 0.05) is 23.8 Å². The standard InChI is InChI=1S/C12H14ClN5O/c13-11-2-1-9(14)5-10(11)12-15-16-17-18(12)6-8-3-4-19-7-8/h1-2,5,8H,3-4,6-7,14H2. The van der Waals surface area contributed by atoms with Gasteiger partial charge < -0.3 is 10.5 Å². The smallest absolute Gasteiger partial charge is 0.183 e. The molecule has 6 nitrogen and oxygen atoms in total. The maximum Gasteiger partial charge on any atom is 0.183 e. The van der Waals surface area contributed by atoms with Crippen molar-refractivity contribution in [2.24, 2.45) is 5.92 Å². The van der Waals surface area contributed by atoms with E-state index in [4.69, 9.17) is 22.1 Å². The highest BCUT2D eigenvalue weighted by Crippen LogP contribution is 2.28. The molecule has 1 aromatic heterocycles. The molecule has 1 aliphatic rings.